The minimum Gasteiger partial charge on any atom is -0.396 e. The van der Waals surface area contributed by atoms with Crippen LogP contribution in [-0.2, 0) is 4.79 Å². The third-order valence-electron chi connectivity index (χ3n) is 4.67. The summed E-state index contributed by atoms with van der Waals surface area (Å²) in [5, 5.41) is 12.0. The lowest BCUT2D eigenvalue weighted by atomic mass is 9.97. The van der Waals surface area contributed by atoms with Crippen molar-refractivity contribution in [1.29, 1.82) is 0 Å². The first-order valence-electron chi connectivity index (χ1n) is 6.77. The Morgan fingerprint density at radius 1 is 1.50 bits per heavy atom. The molecule has 0 bridgehead atoms. The highest BCUT2D eigenvalue weighted by molar-refractivity contribution is 6.82. The maximum atomic E-state index is 11.7. The van der Waals surface area contributed by atoms with Gasteiger partial charge in [0.1, 0.15) is 0 Å². The van der Waals surface area contributed by atoms with Crippen LogP contribution in [0.15, 0.2) is 12.2 Å². The number of β-lactam (4-membered cyclic amide) rings is 1. The monoisotopic (exact) mass is 269 g/mol. The molecule has 1 aliphatic rings. The Hall–Kier alpha value is -0.613. The van der Waals surface area contributed by atoms with Crippen LogP contribution < -0.4 is 5.32 Å². The van der Waals surface area contributed by atoms with Gasteiger partial charge in [-0.15, -0.1) is 0 Å². The first-order valence-corrected chi connectivity index (χ1v) is 9.85. The molecule has 0 aromatic rings. The Balaban J connectivity index is 2.93. The molecule has 1 fully saturated rings. The zero-order chi connectivity index (χ0) is 14.0. The van der Waals surface area contributed by atoms with Gasteiger partial charge in [-0.25, -0.2) is 0 Å². The third-order valence-corrected chi connectivity index (χ3v) is 10.8. The molecule has 18 heavy (non-hydrogen) atoms. The van der Waals surface area contributed by atoms with Gasteiger partial charge in [-0.2, -0.15) is 0 Å². The van der Waals surface area contributed by atoms with Crippen molar-refractivity contribution in [3.8, 4) is 0 Å². The minimum absolute atomic E-state index is 0.140. The number of allylic oxidation sites excluding steroid dienone is 1. The summed E-state index contributed by atoms with van der Waals surface area (Å²) < 4.78 is 0. The quantitative estimate of drug-likeness (QED) is 0.458. The molecular formula is C14H27NO2Si. The molecule has 0 aromatic carbocycles. The summed E-state index contributed by atoms with van der Waals surface area (Å²) in [6.07, 6.45) is 4.91. The number of aliphatic hydroxyl groups is 1. The molecule has 0 spiro atoms. The molecule has 0 aliphatic carbocycles. The maximum Gasteiger partial charge on any atom is 0.225 e. The molecule has 2 atom stereocenters. The summed E-state index contributed by atoms with van der Waals surface area (Å²) in [6, 6.07) is 0. The molecule has 2 N–H and O–H groups in total. The molecule has 0 saturated carbocycles. The van der Waals surface area contributed by atoms with Gasteiger partial charge in [-0.3, -0.25) is 4.79 Å². The second-order valence-corrected chi connectivity index (χ2v) is 12.4. The number of hydrogen-bond acceptors (Lipinski definition) is 2. The van der Waals surface area contributed by atoms with E-state index >= 15 is 0 Å². The first kappa shape index (κ1) is 15.4. The van der Waals surface area contributed by atoms with Crippen molar-refractivity contribution in [2.75, 3.05) is 13.2 Å². The van der Waals surface area contributed by atoms with E-state index in [1.807, 2.05) is 6.08 Å². The van der Waals surface area contributed by atoms with Crippen LogP contribution in [0.25, 0.3) is 0 Å². The number of carbonyl (C=O) groups excluding carboxylic acids is 1. The molecule has 1 aliphatic heterocycles. The topological polar surface area (TPSA) is 49.3 Å². The first-order chi connectivity index (χ1) is 8.21. The third kappa shape index (κ3) is 3.04. The SMILES string of the molecule is CC(C)(C)[Si](C)(C)[C@H](C=CCCO)[C@H]1CNC1=O. The van der Waals surface area contributed by atoms with E-state index < -0.39 is 8.07 Å². The van der Waals surface area contributed by atoms with Crippen molar-refractivity contribution in [3.63, 3.8) is 0 Å². The molecule has 0 radical (unpaired) electrons. The predicted octanol–water partition coefficient (Wildman–Crippen LogP) is 2.55. The van der Waals surface area contributed by atoms with Crippen LogP contribution in [0.5, 0.6) is 0 Å². The summed E-state index contributed by atoms with van der Waals surface area (Å²) in [4.78, 5) is 11.7. The average molecular weight is 269 g/mol. The van der Waals surface area contributed by atoms with E-state index in [2.05, 4.69) is 45.3 Å². The largest absolute Gasteiger partial charge is 0.396 e. The van der Waals surface area contributed by atoms with Crippen LogP contribution in [0.4, 0.5) is 0 Å². The van der Waals surface area contributed by atoms with Gasteiger partial charge in [0, 0.05) is 13.2 Å². The Morgan fingerprint density at radius 2 is 2.11 bits per heavy atom. The van der Waals surface area contributed by atoms with Crippen LogP contribution in [0.3, 0.4) is 0 Å². The summed E-state index contributed by atoms with van der Waals surface area (Å²) in [5.41, 5.74) is 0.359. The molecule has 0 aromatic heterocycles. The number of nitrogens with one attached hydrogen (secondary N) is 1. The highest BCUT2D eigenvalue weighted by atomic mass is 28.3. The van der Waals surface area contributed by atoms with Crippen molar-refractivity contribution < 1.29 is 9.90 Å². The summed E-state index contributed by atoms with van der Waals surface area (Å²) >= 11 is 0. The Bertz CT molecular complexity index is 331. The van der Waals surface area contributed by atoms with Gasteiger partial charge in [-0.05, 0) is 17.0 Å². The van der Waals surface area contributed by atoms with E-state index in [-0.39, 0.29) is 23.5 Å². The van der Waals surface area contributed by atoms with Crippen molar-refractivity contribution in [2.45, 2.75) is 50.9 Å². The zero-order valence-electron chi connectivity index (χ0n) is 12.3. The Morgan fingerprint density at radius 3 is 2.44 bits per heavy atom. The standard InChI is InChI=1S/C14H27NO2Si/c1-14(2,3)18(4,5)12(8-6-7-9-16)11-10-15-13(11)17/h6,8,11-12,16H,7,9-10H2,1-5H3,(H,15,17)/t11-,12-/m1/s1. The number of hydrogen-bond donors (Lipinski definition) is 2. The van der Waals surface area contributed by atoms with E-state index in [4.69, 9.17) is 5.11 Å². The van der Waals surface area contributed by atoms with Gasteiger partial charge in [0.2, 0.25) is 5.91 Å². The molecule has 1 saturated heterocycles. The number of aliphatic hydroxyl groups excluding tert-OH is 1. The van der Waals surface area contributed by atoms with E-state index in [1.165, 1.54) is 0 Å². The predicted molar refractivity (Wildman–Crippen MR) is 78.3 cm³/mol. The van der Waals surface area contributed by atoms with Crippen molar-refractivity contribution in [2.24, 2.45) is 5.92 Å². The van der Waals surface area contributed by atoms with E-state index in [0.717, 1.165) is 6.54 Å². The number of amides is 1. The summed E-state index contributed by atoms with van der Waals surface area (Å²) in [7, 11) is -1.59. The molecule has 3 nitrogen and oxygen atoms in total. The van der Waals surface area contributed by atoms with Gasteiger partial charge in [0.15, 0.2) is 0 Å². The molecule has 104 valence electrons. The van der Waals surface area contributed by atoms with E-state index in [9.17, 15) is 4.79 Å². The maximum absolute atomic E-state index is 11.7. The fourth-order valence-electron chi connectivity index (χ4n) is 2.29. The van der Waals surface area contributed by atoms with Gasteiger partial charge in [0.25, 0.3) is 0 Å². The fraction of sp³-hybridized carbons (Fsp3) is 0.786. The normalized spacial score (nSPS) is 22.8. The van der Waals surface area contributed by atoms with Gasteiger partial charge < -0.3 is 10.4 Å². The highest BCUT2D eigenvalue weighted by Gasteiger charge is 2.48. The minimum atomic E-state index is -1.59. The molecule has 1 rings (SSSR count). The Labute approximate surface area is 112 Å². The number of rotatable bonds is 5. The zero-order valence-corrected chi connectivity index (χ0v) is 13.3. The second-order valence-electron chi connectivity index (χ2n) is 6.79. The molecule has 1 amide bonds. The molecule has 0 unspecified atom stereocenters. The molecule has 1 heterocycles. The lowest BCUT2D eigenvalue weighted by molar-refractivity contribution is -0.130. The Kier molecular flexibility index (Phi) is 4.78. The van der Waals surface area contributed by atoms with Gasteiger partial charge in [0.05, 0.1) is 14.0 Å². The second kappa shape index (κ2) is 5.57. The van der Waals surface area contributed by atoms with Crippen LogP contribution in [0.1, 0.15) is 27.2 Å². The lowest BCUT2D eigenvalue weighted by Gasteiger charge is -2.47. The van der Waals surface area contributed by atoms with Crippen molar-refractivity contribution in [3.05, 3.63) is 12.2 Å². The molecular weight excluding hydrogens is 242 g/mol. The van der Waals surface area contributed by atoms with Crippen molar-refractivity contribution in [1.82, 2.24) is 5.32 Å². The van der Waals surface area contributed by atoms with E-state index in [1.54, 1.807) is 0 Å². The highest BCUT2D eigenvalue weighted by Crippen LogP contribution is 2.48. The van der Waals surface area contributed by atoms with Crippen LogP contribution in [0.2, 0.25) is 23.7 Å². The van der Waals surface area contributed by atoms with Crippen LogP contribution in [-0.4, -0.2) is 32.2 Å². The van der Waals surface area contributed by atoms with E-state index in [0.29, 0.717) is 12.0 Å². The summed E-state index contributed by atoms with van der Waals surface area (Å²) in [5.74, 6) is 0.333. The van der Waals surface area contributed by atoms with Crippen molar-refractivity contribution >= 4 is 14.0 Å². The van der Waals surface area contributed by atoms with Gasteiger partial charge >= 0.3 is 0 Å². The average Bonchev–Trinajstić information content (AvgIpc) is 2.24. The fourth-order valence-corrected chi connectivity index (χ4v) is 5.18. The summed E-state index contributed by atoms with van der Waals surface area (Å²) in [6.45, 7) is 12.6. The molecule has 4 heteroatoms. The number of carbonyl (C=O) groups is 1. The lowest BCUT2D eigenvalue weighted by Crippen LogP contribution is -2.57. The van der Waals surface area contributed by atoms with Gasteiger partial charge in [-0.1, -0.05) is 46.0 Å². The smallest absolute Gasteiger partial charge is 0.225 e. The van der Waals surface area contributed by atoms with Crippen LogP contribution in [0, 0.1) is 5.92 Å². The van der Waals surface area contributed by atoms with Crippen LogP contribution >= 0.6 is 0 Å².